The van der Waals surface area contributed by atoms with Crippen molar-refractivity contribution < 1.29 is 38.3 Å². The molecule has 0 fully saturated rings. The third-order valence-electron chi connectivity index (χ3n) is 4.04. The van der Waals surface area contributed by atoms with E-state index in [1.54, 1.807) is 0 Å². The van der Waals surface area contributed by atoms with Crippen LogP contribution < -0.4 is 25.6 Å². The van der Waals surface area contributed by atoms with E-state index in [0.29, 0.717) is 11.5 Å². The summed E-state index contributed by atoms with van der Waals surface area (Å²) in [6.07, 6.45) is 0. The molecule has 3 N–H and O–H groups in total. The second-order valence-corrected chi connectivity index (χ2v) is 6.22. The van der Waals surface area contributed by atoms with Gasteiger partial charge in [-0.1, -0.05) is 6.07 Å². The van der Waals surface area contributed by atoms with Crippen LogP contribution in [0.3, 0.4) is 0 Å². The first-order valence-electron chi connectivity index (χ1n) is 9.24. The minimum atomic E-state index is -0.935. The average molecular weight is 460 g/mol. The van der Waals surface area contributed by atoms with E-state index in [4.69, 9.17) is 14.2 Å². The van der Waals surface area contributed by atoms with E-state index in [0.717, 1.165) is 6.07 Å². The highest BCUT2D eigenvalue weighted by Gasteiger charge is 2.15. The fourth-order valence-corrected chi connectivity index (χ4v) is 2.42. The highest BCUT2D eigenvalue weighted by atomic mass is 16.6. The zero-order valence-electron chi connectivity index (χ0n) is 17.6. The molecule has 0 aromatic heterocycles. The molecule has 2 aromatic carbocycles. The van der Waals surface area contributed by atoms with Crippen molar-refractivity contribution in [2.45, 2.75) is 0 Å². The number of esters is 1. The van der Waals surface area contributed by atoms with Gasteiger partial charge in [-0.15, -0.1) is 0 Å². The fraction of sp³-hybridized carbons (Fsp3) is 0.200. The molecule has 2 rings (SSSR count). The zero-order valence-corrected chi connectivity index (χ0v) is 17.6. The minimum absolute atomic E-state index is 0.0207. The number of nitrogens with one attached hydrogen (secondary N) is 3. The van der Waals surface area contributed by atoms with Crippen LogP contribution in [-0.4, -0.2) is 56.0 Å². The number of methoxy groups -OCH3 is 2. The summed E-state index contributed by atoms with van der Waals surface area (Å²) in [6, 6.07) is 9.30. The van der Waals surface area contributed by atoms with Gasteiger partial charge in [-0.25, -0.2) is 0 Å². The predicted octanol–water partition coefficient (Wildman–Crippen LogP) is 0.346. The molecule has 3 amide bonds. The first-order valence-corrected chi connectivity index (χ1v) is 9.24. The molecule has 0 bridgehead atoms. The van der Waals surface area contributed by atoms with Gasteiger partial charge in [0.25, 0.3) is 23.4 Å². The van der Waals surface area contributed by atoms with Gasteiger partial charge >= 0.3 is 5.97 Å². The van der Waals surface area contributed by atoms with Crippen LogP contribution in [0.2, 0.25) is 0 Å². The number of rotatable bonds is 9. The molecule has 0 atom stereocenters. The van der Waals surface area contributed by atoms with Gasteiger partial charge in [-0.3, -0.25) is 40.1 Å². The maximum absolute atomic E-state index is 12.1. The van der Waals surface area contributed by atoms with Gasteiger partial charge in [0, 0.05) is 23.3 Å². The van der Waals surface area contributed by atoms with Crippen LogP contribution in [0, 0.1) is 10.1 Å². The Labute approximate surface area is 187 Å². The molecule has 0 unspecified atom stereocenters. The molecule has 2 aromatic rings. The normalized spacial score (nSPS) is 9.88. The van der Waals surface area contributed by atoms with Crippen molar-refractivity contribution in [2.75, 3.05) is 27.4 Å². The van der Waals surface area contributed by atoms with Crippen LogP contribution in [0.5, 0.6) is 11.5 Å². The number of carbonyl (C=O) groups is 4. The number of benzene rings is 2. The SMILES string of the molecule is COc1ccc(C(=O)NNC(=O)COC(=O)CNC(=O)c2cccc([N+](=O)[O-])c2)cc1OC. The highest BCUT2D eigenvalue weighted by Crippen LogP contribution is 2.27. The Bertz CT molecular complexity index is 1070. The van der Waals surface area contributed by atoms with Gasteiger partial charge in [-0.2, -0.15) is 0 Å². The maximum atomic E-state index is 12.1. The highest BCUT2D eigenvalue weighted by molar-refractivity contribution is 5.97. The number of ether oxygens (including phenoxy) is 3. The molecule has 0 spiro atoms. The van der Waals surface area contributed by atoms with Gasteiger partial charge < -0.3 is 19.5 Å². The third kappa shape index (κ3) is 7.20. The Hall–Kier alpha value is -4.68. The molecule has 0 aliphatic carbocycles. The van der Waals surface area contributed by atoms with E-state index in [1.807, 2.05) is 0 Å². The van der Waals surface area contributed by atoms with Crippen molar-refractivity contribution in [3.63, 3.8) is 0 Å². The summed E-state index contributed by atoms with van der Waals surface area (Å²) < 4.78 is 14.9. The van der Waals surface area contributed by atoms with Crippen molar-refractivity contribution in [2.24, 2.45) is 0 Å². The van der Waals surface area contributed by atoms with Gasteiger partial charge in [0.15, 0.2) is 18.1 Å². The lowest BCUT2D eigenvalue weighted by molar-refractivity contribution is -0.384. The predicted molar refractivity (Wildman–Crippen MR) is 112 cm³/mol. The second-order valence-electron chi connectivity index (χ2n) is 6.22. The Balaban J connectivity index is 1.75. The first kappa shape index (κ1) is 24.6. The number of hydrazine groups is 1. The molecule has 13 nitrogen and oxygen atoms in total. The fourth-order valence-electron chi connectivity index (χ4n) is 2.42. The van der Waals surface area contributed by atoms with Crippen LogP contribution in [0.25, 0.3) is 0 Å². The van der Waals surface area contributed by atoms with Crippen LogP contribution in [-0.2, 0) is 14.3 Å². The van der Waals surface area contributed by atoms with E-state index in [1.165, 1.54) is 50.6 Å². The Morgan fingerprint density at radius 2 is 1.61 bits per heavy atom. The van der Waals surface area contributed by atoms with Crippen LogP contribution >= 0.6 is 0 Å². The molecular formula is C20H20N4O9. The monoisotopic (exact) mass is 460 g/mol. The Kier molecular flexibility index (Phi) is 8.67. The van der Waals surface area contributed by atoms with Gasteiger partial charge in [-0.05, 0) is 24.3 Å². The van der Waals surface area contributed by atoms with Crippen molar-refractivity contribution in [1.82, 2.24) is 16.2 Å². The molecule has 0 aliphatic rings. The number of hydrogen-bond acceptors (Lipinski definition) is 9. The summed E-state index contributed by atoms with van der Waals surface area (Å²) in [7, 11) is 2.85. The molecule has 13 heteroatoms. The largest absolute Gasteiger partial charge is 0.493 e. The molecule has 174 valence electrons. The molecule has 33 heavy (non-hydrogen) atoms. The molecule has 0 aliphatic heterocycles. The Morgan fingerprint density at radius 3 is 2.27 bits per heavy atom. The van der Waals surface area contributed by atoms with Gasteiger partial charge in [0.05, 0.1) is 19.1 Å². The third-order valence-corrected chi connectivity index (χ3v) is 4.04. The molecule has 0 radical (unpaired) electrons. The van der Waals surface area contributed by atoms with Crippen LogP contribution in [0.4, 0.5) is 5.69 Å². The number of hydrogen-bond donors (Lipinski definition) is 3. The molecule has 0 saturated heterocycles. The van der Waals surface area contributed by atoms with E-state index in [2.05, 4.69) is 16.2 Å². The van der Waals surface area contributed by atoms with E-state index in [-0.39, 0.29) is 16.8 Å². The summed E-state index contributed by atoms with van der Waals surface area (Å²) in [4.78, 5) is 57.7. The lowest BCUT2D eigenvalue weighted by Crippen LogP contribution is -2.44. The maximum Gasteiger partial charge on any atom is 0.325 e. The van der Waals surface area contributed by atoms with Gasteiger partial charge in [0.2, 0.25) is 0 Å². The standard InChI is InChI=1S/C20H20N4O9/c1-31-15-7-6-13(9-16(15)32-2)20(28)23-22-17(25)11-33-18(26)10-21-19(27)12-4-3-5-14(8-12)24(29)30/h3-9H,10-11H2,1-2H3,(H,21,27)(H,22,25)(H,23,28). The lowest BCUT2D eigenvalue weighted by Gasteiger charge is -2.11. The lowest BCUT2D eigenvalue weighted by atomic mass is 10.2. The van der Waals surface area contributed by atoms with Crippen molar-refractivity contribution in [3.8, 4) is 11.5 Å². The summed E-state index contributed by atoms with van der Waals surface area (Å²) in [6.45, 7) is -1.30. The molecule has 0 heterocycles. The van der Waals surface area contributed by atoms with E-state index in [9.17, 15) is 29.3 Å². The molecular weight excluding hydrogens is 440 g/mol. The quantitative estimate of drug-likeness (QED) is 0.271. The van der Waals surface area contributed by atoms with E-state index < -0.39 is 41.8 Å². The molecule has 0 saturated carbocycles. The summed E-state index contributed by atoms with van der Waals surface area (Å²) in [5.41, 5.74) is 4.09. The zero-order chi connectivity index (χ0) is 24.4. The second kappa shape index (κ2) is 11.6. The number of non-ortho nitro benzene ring substituents is 1. The number of nitro groups is 1. The number of nitro benzene ring substituents is 1. The van der Waals surface area contributed by atoms with Gasteiger partial charge in [0.1, 0.15) is 6.54 Å². The summed E-state index contributed by atoms with van der Waals surface area (Å²) >= 11 is 0. The summed E-state index contributed by atoms with van der Waals surface area (Å²) in [5, 5.41) is 13.0. The van der Waals surface area contributed by atoms with Crippen molar-refractivity contribution in [3.05, 3.63) is 63.7 Å². The number of nitrogens with zero attached hydrogens (tertiary/aromatic N) is 1. The van der Waals surface area contributed by atoms with Crippen molar-refractivity contribution >= 4 is 29.4 Å². The van der Waals surface area contributed by atoms with Crippen molar-refractivity contribution in [1.29, 1.82) is 0 Å². The summed E-state index contributed by atoms with van der Waals surface area (Å²) in [5.74, 6) is -2.42. The Morgan fingerprint density at radius 1 is 0.909 bits per heavy atom. The number of amides is 3. The first-order chi connectivity index (χ1) is 15.7. The van der Waals surface area contributed by atoms with Crippen LogP contribution in [0.15, 0.2) is 42.5 Å². The minimum Gasteiger partial charge on any atom is -0.493 e. The average Bonchev–Trinajstić information content (AvgIpc) is 2.83. The number of carbonyl (C=O) groups excluding carboxylic acids is 4. The van der Waals surface area contributed by atoms with E-state index >= 15 is 0 Å². The smallest absolute Gasteiger partial charge is 0.325 e. The van der Waals surface area contributed by atoms with Crippen LogP contribution in [0.1, 0.15) is 20.7 Å². The topological polar surface area (TPSA) is 175 Å².